The maximum atomic E-state index is 12.6. The summed E-state index contributed by atoms with van der Waals surface area (Å²) in [6, 6.07) is 1.40. The van der Waals surface area contributed by atoms with Gasteiger partial charge in [0, 0.05) is 18.3 Å². The van der Waals surface area contributed by atoms with Gasteiger partial charge in [-0.05, 0) is 18.6 Å². The van der Waals surface area contributed by atoms with E-state index in [4.69, 9.17) is 10.5 Å². The maximum absolute atomic E-state index is 12.6. The molecule has 3 nitrogen and oxygen atoms in total. The van der Waals surface area contributed by atoms with Gasteiger partial charge < -0.3 is 10.5 Å². The van der Waals surface area contributed by atoms with Crippen LogP contribution >= 0.6 is 0 Å². The molecule has 2 N–H and O–H groups in total. The van der Waals surface area contributed by atoms with Gasteiger partial charge >= 0.3 is 6.18 Å². The van der Waals surface area contributed by atoms with Crippen molar-refractivity contribution in [2.75, 3.05) is 13.7 Å². The van der Waals surface area contributed by atoms with Crippen LogP contribution in [0.2, 0.25) is 0 Å². The Morgan fingerprint density at radius 1 is 1.50 bits per heavy atom. The van der Waals surface area contributed by atoms with Crippen molar-refractivity contribution in [3.05, 3.63) is 23.4 Å². The summed E-state index contributed by atoms with van der Waals surface area (Å²) in [5.74, 6) is -1.36. The Balaban J connectivity index is 3.08. The second-order valence-electron chi connectivity index (χ2n) is 3.42. The summed E-state index contributed by atoms with van der Waals surface area (Å²) < 4.78 is 42.6. The molecule has 1 aromatic heterocycles. The topological polar surface area (TPSA) is 48.1 Å². The van der Waals surface area contributed by atoms with Crippen LogP contribution in [-0.2, 0) is 0 Å². The van der Waals surface area contributed by atoms with Gasteiger partial charge in [0.2, 0.25) is 5.88 Å². The first-order valence-corrected chi connectivity index (χ1v) is 4.67. The molecule has 0 bridgehead atoms. The third-order valence-corrected chi connectivity index (χ3v) is 2.28. The lowest BCUT2D eigenvalue weighted by atomic mass is 9.99. The van der Waals surface area contributed by atoms with Crippen molar-refractivity contribution < 1.29 is 17.9 Å². The molecule has 0 spiro atoms. The van der Waals surface area contributed by atoms with E-state index in [1.807, 2.05) is 0 Å². The summed E-state index contributed by atoms with van der Waals surface area (Å²) in [6.07, 6.45) is -3.20. The minimum Gasteiger partial charge on any atom is -0.481 e. The van der Waals surface area contributed by atoms with E-state index < -0.39 is 18.6 Å². The van der Waals surface area contributed by atoms with Gasteiger partial charge in [-0.3, -0.25) is 0 Å². The highest BCUT2D eigenvalue weighted by Crippen LogP contribution is 2.34. The lowest BCUT2D eigenvalue weighted by Crippen LogP contribution is -2.28. The number of alkyl halides is 3. The van der Waals surface area contributed by atoms with E-state index in [2.05, 4.69) is 4.98 Å². The smallest absolute Gasteiger partial charge is 0.397 e. The molecule has 0 radical (unpaired) electrons. The van der Waals surface area contributed by atoms with Gasteiger partial charge in [-0.25, -0.2) is 4.98 Å². The molecule has 0 aliphatic carbocycles. The van der Waals surface area contributed by atoms with Crippen molar-refractivity contribution in [1.82, 2.24) is 4.98 Å². The fraction of sp³-hybridized carbons (Fsp3) is 0.500. The molecule has 90 valence electrons. The highest BCUT2D eigenvalue weighted by Gasteiger charge is 2.40. The number of halogens is 3. The minimum atomic E-state index is -4.35. The van der Waals surface area contributed by atoms with Crippen molar-refractivity contribution in [2.45, 2.75) is 19.0 Å². The first kappa shape index (κ1) is 12.8. The van der Waals surface area contributed by atoms with Crippen LogP contribution in [0, 0.1) is 6.92 Å². The number of rotatable bonds is 3. The molecule has 1 heterocycles. The standard InChI is InChI=1S/C10H13F3N2O/c1-6-3-7(5-15-9(6)16-2)8(4-14)10(11,12)13/h3,5,8H,4,14H2,1-2H3. The van der Waals surface area contributed by atoms with Crippen molar-refractivity contribution >= 4 is 0 Å². The zero-order valence-corrected chi connectivity index (χ0v) is 9.01. The van der Waals surface area contributed by atoms with Crippen LogP contribution in [-0.4, -0.2) is 24.8 Å². The Hall–Kier alpha value is -1.30. The molecule has 0 saturated carbocycles. The second-order valence-corrected chi connectivity index (χ2v) is 3.42. The molecule has 16 heavy (non-hydrogen) atoms. The number of hydrogen-bond acceptors (Lipinski definition) is 3. The molecule has 0 saturated heterocycles. The lowest BCUT2D eigenvalue weighted by molar-refractivity contribution is -0.148. The number of methoxy groups -OCH3 is 1. The van der Waals surface area contributed by atoms with Crippen LogP contribution < -0.4 is 10.5 Å². The normalized spacial score (nSPS) is 13.6. The SMILES string of the molecule is COc1ncc(C(CN)C(F)(F)F)cc1C. The van der Waals surface area contributed by atoms with E-state index in [0.717, 1.165) is 6.20 Å². The molecule has 6 heteroatoms. The zero-order valence-electron chi connectivity index (χ0n) is 9.01. The average Bonchev–Trinajstić information content (AvgIpc) is 2.17. The van der Waals surface area contributed by atoms with E-state index in [-0.39, 0.29) is 5.56 Å². The summed E-state index contributed by atoms with van der Waals surface area (Å²) in [5, 5.41) is 0. The molecule has 1 aromatic rings. The van der Waals surface area contributed by atoms with Crippen LogP contribution in [0.4, 0.5) is 13.2 Å². The molecular formula is C10H13F3N2O. The lowest BCUT2D eigenvalue weighted by Gasteiger charge is -2.19. The predicted molar refractivity (Wildman–Crippen MR) is 53.4 cm³/mol. The van der Waals surface area contributed by atoms with Gasteiger partial charge in [-0.1, -0.05) is 0 Å². The molecule has 0 aromatic carbocycles. The van der Waals surface area contributed by atoms with Crippen LogP contribution in [0.5, 0.6) is 5.88 Å². The summed E-state index contributed by atoms with van der Waals surface area (Å²) in [5.41, 5.74) is 5.75. The fourth-order valence-electron chi connectivity index (χ4n) is 1.45. The van der Waals surface area contributed by atoms with Crippen LogP contribution in [0.25, 0.3) is 0 Å². The quantitative estimate of drug-likeness (QED) is 0.870. The van der Waals surface area contributed by atoms with E-state index >= 15 is 0 Å². The minimum absolute atomic E-state index is 0.0632. The third kappa shape index (κ3) is 2.63. The number of nitrogens with zero attached hydrogens (tertiary/aromatic N) is 1. The van der Waals surface area contributed by atoms with Crippen molar-refractivity contribution in [1.29, 1.82) is 0 Å². The molecular weight excluding hydrogens is 221 g/mol. The van der Waals surface area contributed by atoms with Crippen LogP contribution in [0.15, 0.2) is 12.3 Å². The summed E-state index contributed by atoms with van der Waals surface area (Å²) in [6.45, 7) is 1.15. The van der Waals surface area contributed by atoms with Gasteiger partial charge in [-0.2, -0.15) is 13.2 Å². The van der Waals surface area contributed by atoms with Crippen molar-refractivity contribution in [3.8, 4) is 5.88 Å². The monoisotopic (exact) mass is 234 g/mol. The molecule has 0 fully saturated rings. The number of ether oxygens (including phenoxy) is 1. The average molecular weight is 234 g/mol. The van der Waals surface area contributed by atoms with Crippen LogP contribution in [0.3, 0.4) is 0 Å². The fourth-order valence-corrected chi connectivity index (χ4v) is 1.45. The van der Waals surface area contributed by atoms with E-state index in [9.17, 15) is 13.2 Å². The van der Waals surface area contributed by atoms with Gasteiger partial charge in [0.15, 0.2) is 0 Å². The number of aryl methyl sites for hydroxylation is 1. The van der Waals surface area contributed by atoms with Gasteiger partial charge in [-0.15, -0.1) is 0 Å². The van der Waals surface area contributed by atoms with Crippen molar-refractivity contribution in [3.63, 3.8) is 0 Å². The van der Waals surface area contributed by atoms with Crippen molar-refractivity contribution in [2.24, 2.45) is 5.73 Å². The maximum Gasteiger partial charge on any atom is 0.397 e. The third-order valence-electron chi connectivity index (χ3n) is 2.28. The first-order valence-electron chi connectivity index (χ1n) is 4.67. The molecule has 1 rings (SSSR count). The van der Waals surface area contributed by atoms with Gasteiger partial charge in [0.05, 0.1) is 13.0 Å². The summed E-state index contributed by atoms with van der Waals surface area (Å²) >= 11 is 0. The zero-order chi connectivity index (χ0) is 12.3. The molecule has 1 atom stereocenters. The number of pyridine rings is 1. The van der Waals surface area contributed by atoms with Gasteiger partial charge in [0.25, 0.3) is 0 Å². The first-order chi connectivity index (χ1) is 7.40. The Bertz CT molecular complexity index is 366. The molecule has 1 unspecified atom stereocenters. The Morgan fingerprint density at radius 2 is 2.12 bits per heavy atom. The number of aromatic nitrogens is 1. The van der Waals surface area contributed by atoms with Crippen LogP contribution in [0.1, 0.15) is 17.0 Å². The van der Waals surface area contributed by atoms with Gasteiger partial charge in [0.1, 0.15) is 0 Å². The van der Waals surface area contributed by atoms with E-state index in [1.54, 1.807) is 6.92 Å². The highest BCUT2D eigenvalue weighted by molar-refractivity contribution is 5.31. The Labute approximate surface area is 91.4 Å². The second kappa shape index (κ2) is 4.69. The predicted octanol–water partition coefficient (Wildman–Crippen LogP) is 2.00. The Kier molecular flexibility index (Phi) is 3.74. The van der Waals surface area contributed by atoms with E-state index in [0.29, 0.717) is 11.4 Å². The molecule has 0 aliphatic rings. The number of nitrogens with two attached hydrogens (primary N) is 1. The summed E-state index contributed by atoms with van der Waals surface area (Å²) in [4.78, 5) is 3.80. The number of hydrogen-bond donors (Lipinski definition) is 1. The largest absolute Gasteiger partial charge is 0.481 e. The molecule has 0 amide bonds. The highest BCUT2D eigenvalue weighted by atomic mass is 19.4. The Morgan fingerprint density at radius 3 is 2.50 bits per heavy atom. The summed E-state index contributed by atoms with van der Waals surface area (Å²) in [7, 11) is 1.42. The molecule has 0 aliphatic heterocycles. The van der Waals surface area contributed by atoms with E-state index in [1.165, 1.54) is 13.2 Å².